The lowest BCUT2D eigenvalue weighted by Gasteiger charge is -2.27. The fourth-order valence-electron chi connectivity index (χ4n) is 2.67. The molecule has 2 fully saturated rings. The minimum absolute atomic E-state index is 0.0865. The van der Waals surface area contributed by atoms with E-state index in [4.69, 9.17) is 5.73 Å². The lowest BCUT2D eigenvalue weighted by atomic mass is 9.94. The van der Waals surface area contributed by atoms with Crippen LogP contribution in [0.25, 0.3) is 0 Å². The van der Waals surface area contributed by atoms with Gasteiger partial charge < -0.3 is 11.1 Å². The maximum Gasteiger partial charge on any atom is 0.309 e. The lowest BCUT2D eigenvalue weighted by Crippen LogP contribution is -2.49. The number of carbonyl (C=O) groups excluding carboxylic acids is 2. The van der Waals surface area contributed by atoms with Crippen molar-refractivity contribution in [3.8, 4) is 0 Å². The molecule has 2 amide bonds. The number of fused-ring (bicyclic) bond motifs is 2. The molecule has 0 aromatic heterocycles. The number of hydrogen-bond donors (Lipinski definition) is 2. The van der Waals surface area contributed by atoms with Crippen LogP contribution in [0.15, 0.2) is 0 Å². The summed E-state index contributed by atoms with van der Waals surface area (Å²) >= 11 is 0. The second kappa shape index (κ2) is 2.72. The highest BCUT2D eigenvalue weighted by Gasteiger charge is 2.46. The molecule has 13 heavy (non-hydrogen) atoms. The van der Waals surface area contributed by atoms with Gasteiger partial charge in [-0.15, -0.1) is 0 Å². The van der Waals surface area contributed by atoms with Crippen LogP contribution in [0.5, 0.6) is 0 Å². The van der Waals surface area contributed by atoms with Crippen LogP contribution in [0.3, 0.4) is 0 Å². The third-order valence-corrected chi connectivity index (χ3v) is 3.34. The lowest BCUT2D eigenvalue weighted by molar-refractivity contribution is -0.138. The van der Waals surface area contributed by atoms with Crippen molar-refractivity contribution in [1.82, 2.24) is 5.32 Å². The first kappa shape index (κ1) is 8.53. The highest BCUT2D eigenvalue weighted by atomic mass is 16.2. The van der Waals surface area contributed by atoms with Gasteiger partial charge in [0, 0.05) is 5.54 Å². The Morgan fingerprint density at radius 2 is 1.92 bits per heavy atom. The molecule has 72 valence electrons. The van der Waals surface area contributed by atoms with Crippen molar-refractivity contribution in [1.29, 1.82) is 0 Å². The van der Waals surface area contributed by atoms with Crippen molar-refractivity contribution >= 4 is 11.8 Å². The van der Waals surface area contributed by atoms with E-state index in [1.807, 2.05) is 0 Å². The first-order valence-electron chi connectivity index (χ1n) is 4.73. The number of carbonyl (C=O) groups is 2. The van der Waals surface area contributed by atoms with Gasteiger partial charge in [-0.2, -0.15) is 0 Å². The zero-order valence-electron chi connectivity index (χ0n) is 7.51. The van der Waals surface area contributed by atoms with Crippen molar-refractivity contribution in [2.24, 2.45) is 11.7 Å². The second-order valence-electron chi connectivity index (χ2n) is 4.25. The molecule has 3 N–H and O–H groups in total. The number of rotatable bonds is 1. The Morgan fingerprint density at radius 1 is 1.31 bits per heavy atom. The SMILES string of the molecule is NC(=O)C(=O)NC12CCC(CC1)C2. The van der Waals surface area contributed by atoms with Gasteiger partial charge in [-0.1, -0.05) is 0 Å². The second-order valence-corrected chi connectivity index (χ2v) is 4.25. The molecule has 0 aromatic carbocycles. The van der Waals surface area contributed by atoms with Crippen LogP contribution in [-0.4, -0.2) is 17.4 Å². The highest BCUT2D eigenvalue weighted by Crippen LogP contribution is 2.47. The van der Waals surface area contributed by atoms with Gasteiger partial charge in [0.2, 0.25) is 0 Å². The Balaban J connectivity index is 2.01. The normalized spacial score (nSPS) is 36.2. The number of nitrogens with two attached hydrogens (primary N) is 1. The van der Waals surface area contributed by atoms with Crippen molar-refractivity contribution in [2.45, 2.75) is 37.6 Å². The van der Waals surface area contributed by atoms with E-state index in [0.29, 0.717) is 0 Å². The molecule has 2 saturated carbocycles. The first-order chi connectivity index (χ1) is 6.11. The summed E-state index contributed by atoms with van der Waals surface area (Å²) in [6, 6.07) is 0. The number of primary amides is 1. The smallest absolute Gasteiger partial charge is 0.309 e. The summed E-state index contributed by atoms with van der Waals surface area (Å²) in [5.74, 6) is -0.736. The molecule has 0 aromatic rings. The molecule has 2 rings (SSSR count). The first-order valence-corrected chi connectivity index (χ1v) is 4.73. The Labute approximate surface area is 76.9 Å². The van der Waals surface area contributed by atoms with Crippen LogP contribution in [0.2, 0.25) is 0 Å². The van der Waals surface area contributed by atoms with Crippen LogP contribution < -0.4 is 11.1 Å². The molecule has 0 radical (unpaired) electrons. The maximum atomic E-state index is 11.1. The quantitative estimate of drug-likeness (QED) is 0.557. The fourth-order valence-corrected chi connectivity index (χ4v) is 2.67. The Bertz CT molecular complexity index is 254. The molecular weight excluding hydrogens is 168 g/mol. The molecule has 4 nitrogen and oxygen atoms in total. The van der Waals surface area contributed by atoms with E-state index in [1.165, 1.54) is 12.8 Å². The van der Waals surface area contributed by atoms with Crippen LogP contribution in [0, 0.1) is 5.92 Å². The van der Waals surface area contributed by atoms with E-state index >= 15 is 0 Å². The van der Waals surface area contributed by atoms with Crippen LogP contribution in [0.4, 0.5) is 0 Å². The number of hydrogen-bond acceptors (Lipinski definition) is 2. The van der Waals surface area contributed by atoms with Crippen molar-refractivity contribution < 1.29 is 9.59 Å². The monoisotopic (exact) mass is 182 g/mol. The molecule has 0 aliphatic heterocycles. The summed E-state index contributed by atoms with van der Waals surface area (Å²) in [7, 11) is 0. The molecule has 0 unspecified atom stereocenters. The van der Waals surface area contributed by atoms with Gasteiger partial charge in [0.05, 0.1) is 0 Å². The van der Waals surface area contributed by atoms with Crippen molar-refractivity contribution in [3.63, 3.8) is 0 Å². The molecule has 0 atom stereocenters. The van der Waals surface area contributed by atoms with Gasteiger partial charge in [0.15, 0.2) is 0 Å². The summed E-state index contributed by atoms with van der Waals surface area (Å²) < 4.78 is 0. The molecular formula is C9H14N2O2. The van der Waals surface area contributed by atoms with Gasteiger partial charge in [0.25, 0.3) is 0 Å². The maximum absolute atomic E-state index is 11.1. The van der Waals surface area contributed by atoms with Gasteiger partial charge in [0.1, 0.15) is 0 Å². The fraction of sp³-hybridized carbons (Fsp3) is 0.778. The van der Waals surface area contributed by atoms with Crippen LogP contribution in [-0.2, 0) is 9.59 Å². The molecule has 0 spiro atoms. The summed E-state index contributed by atoms with van der Waals surface area (Å²) in [5.41, 5.74) is 4.80. The van der Waals surface area contributed by atoms with E-state index in [1.54, 1.807) is 0 Å². The van der Waals surface area contributed by atoms with Crippen molar-refractivity contribution in [3.05, 3.63) is 0 Å². The number of nitrogens with one attached hydrogen (secondary N) is 1. The minimum Gasteiger partial charge on any atom is -0.361 e. The van der Waals surface area contributed by atoms with E-state index in [9.17, 15) is 9.59 Å². The predicted octanol–water partition coefficient (Wildman–Crippen LogP) is -0.0794. The standard InChI is InChI=1S/C9H14N2O2/c10-7(12)8(13)11-9-3-1-6(5-9)2-4-9/h6H,1-5H2,(H2,10,12)(H,11,13). The molecule has 2 aliphatic rings. The summed E-state index contributed by atoms with van der Waals surface area (Å²) in [6.45, 7) is 0. The zero-order valence-corrected chi connectivity index (χ0v) is 7.51. The van der Waals surface area contributed by atoms with E-state index in [0.717, 1.165) is 25.2 Å². The van der Waals surface area contributed by atoms with E-state index < -0.39 is 11.8 Å². The highest BCUT2D eigenvalue weighted by molar-refractivity contribution is 6.34. The average molecular weight is 182 g/mol. The molecule has 0 saturated heterocycles. The van der Waals surface area contributed by atoms with Gasteiger partial charge in [-0.05, 0) is 38.0 Å². The number of amides is 2. The Morgan fingerprint density at radius 3 is 2.31 bits per heavy atom. The topological polar surface area (TPSA) is 72.2 Å². The summed E-state index contributed by atoms with van der Waals surface area (Å²) in [4.78, 5) is 21.7. The molecule has 0 heterocycles. The summed E-state index contributed by atoms with van der Waals surface area (Å²) in [6.07, 6.45) is 5.41. The zero-order chi connectivity index (χ0) is 9.47. The Kier molecular flexibility index (Phi) is 1.78. The van der Waals surface area contributed by atoms with Crippen LogP contribution >= 0.6 is 0 Å². The van der Waals surface area contributed by atoms with Gasteiger partial charge in [-0.25, -0.2) is 0 Å². The predicted molar refractivity (Wildman–Crippen MR) is 46.6 cm³/mol. The third-order valence-electron chi connectivity index (χ3n) is 3.34. The van der Waals surface area contributed by atoms with Gasteiger partial charge >= 0.3 is 11.8 Å². The molecule has 4 heteroatoms. The van der Waals surface area contributed by atoms with Gasteiger partial charge in [-0.3, -0.25) is 9.59 Å². The average Bonchev–Trinajstić information content (AvgIpc) is 2.62. The van der Waals surface area contributed by atoms with E-state index in [2.05, 4.69) is 5.32 Å². The summed E-state index contributed by atoms with van der Waals surface area (Å²) in [5, 5.41) is 2.77. The molecule has 2 bridgehead atoms. The largest absolute Gasteiger partial charge is 0.361 e. The van der Waals surface area contributed by atoms with Crippen molar-refractivity contribution in [2.75, 3.05) is 0 Å². The minimum atomic E-state index is -0.871. The Hall–Kier alpha value is -1.06. The van der Waals surface area contributed by atoms with Crippen LogP contribution in [0.1, 0.15) is 32.1 Å². The van der Waals surface area contributed by atoms with E-state index in [-0.39, 0.29) is 5.54 Å². The molecule has 2 aliphatic carbocycles. The third kappa shape index (κ3) is 1.41.